The second-order valence-electron chi connectivity index (χ2n) is 5.19. The summed E-state index contributed by atoms with van der Waals surface area (Å²) in [5.74, 6) is -1.12. The molecule has 14 heteroatoms. The van der Waals surface area contributed by atoms with Crippen LogP contribution in [0.3, 0.4) is 0 Å². The van der Waals surface area contributed by atoms with E-state index in [1.807, 2.05) is 0 Å². The molecule has 0 atom stereocenters. The largest absolute Gasteiger partial charge is 0.446 e. The van der Waals surface area contributed by atoms with Gasteiger partial charge in [-0.05, 0) is 50.9 Å². The van der Waals surface area contributed by atoms with Crippen molar-refractivity contribution in [2.24, 2.45) is 5.14 Å². The zero-order chi connectivity index (χ0) is 19.6. The fourth-order valence-electron chi connectivity index (χ4n) is 2.09. The molecule has 0 saturated carbocycles. The first kappa shape index (κ1) is 19.7. The lowest BCUT2D eigenvalue weighted by Gasteiger charge is -2.04. The summed E-state index contributed by atoms with van der Waals surface area (Å²) in [5, 5.41) is 16.4. The van der Waals surface area contributed by atoms with Crippen LogP contribution in [0.1, 0.15) is 6.42 Å². The quantitative estimate of drug-likeness (QED) is 0.393. The lowest BCUT2D eigenvalue weighted by atomic mass is 10.3. The predicted octanol–water partition coefficient (Wildman–Crippen LogP) is 1.55. The van der Waals surface area contributed by atoms with Crippen molar-refractivity contribution in [1.82, 2.24) is 20.0 Å². The minimum absolute atomic E-state index is 0.00806. The van der Waals surface area contributed by atoms with E-state index in [1.165, 1.54) is 18.2 Å². The van der Waals surface area contributed by atoms with Crippen LogP contribution in [0.5, 0.6) is 0 Å². The molecule has 2 aromatic heterocycles. The maximum atomic E-state index is 13.5. The first-order valence-electron chi connectivity index (χ1n) is 7.26. The molecular formula is C13H11BrFN5O5S2. The molecule has 0 aliphatic heterocycles. The van der Waals surface area contributed by atoms with Gasteiger partial charge >= 0.3 is 5.76 Å². The molecule has 0 radical (unpaired) electrons. The number of nitrogens with zero attached hydrogens (tertiary/aromatic N) is 4. The van der Waals surface area contributed by atoms with Crippen LogP contribution in [-0.4, -0.2) is 40.0 Å². The Hall–Kier alpha value is -2.03. The molecule has 2 heterocycles. The van der Waals surface area contributed by atoms with Gasteiger partial charge in [-0.15, -0.1) is 11.8 Å². The van der Waals surface area contributed by atoms with Crippen molar-refractivity contribution in [3.05, 3.63) is 39.0 Å². The second-order valence-corrected chi connectivity index (χ2v) is 8.86. The highest BCUT2D eigenvalue weighted by Gasteiger charge is 2.23. The van der Waals surface area contributed by atoms with Gasteiger partial charge in [-0.2, -0.15) is 0 Å². The van der Waals surface area contributed by atoms with E-state index in [9.17, 15) is 17.6 Å². The number of aromatic nitrogens is 4. The summed E-state index contributed by atoms with van der Waals surface area (Å²) in [5.41, 5.74) is 0.416. The Morgan fingerprint density at radius 3 is 2.78 bits per heavy atom. The summed E-state index contributed by atoms with van der Waals surface area (Å²) < 4.78 is 46.0. The van der Waals surface area contributed by atoms with Crippen LogP contribution in [0.15, 0.2) is 41.6 Å². The van der Waals surface area contributed by atoms with Gasteiger partial charge in [-0.1, -0.05) is 5.16 Å². The number of benzene rings is 1. The van der Waals surface area contributed by atoms with Crippen LogP contribution >= 0.6 is 27.7 Å². The van der Waals surface area contributed by atoms with Gasteiger partial charge in [0, 0.05) is 5.75 Å². The summed E-state index contributed by atoms with van der Waals surface area (Å²) in [6, 6.07) is 3.92. The predicted molar refractivity (Wildman–Crippen MR) is 96.4 cm³/mol. The Balaban J connectivity index is 1.89. The summed E-state index contributed by atoms with van der Waals surface area (Å²) in [7, 11) is -3.56. The molecule has 144 valence electrons. The van der Waals surface area contributed by atoms with Crippen molar-refractivity contribution in [2.45, 2.75) is 11.4 Å². The van der Waals surface area contributed by atoms with Gasteiger partial charge in [0.2, 0.25) is 15.8 Å². The third-order valence-corrected chi connectivity index (χ3v) is 5.75. The fourth-order valence-corrected chi connectivity index (χ4v) is 4.02. The zero-order valence-corrected chi connectivity index (χ0v) is 16.6. The molecule has 0 amide bonds. The number of rotatable bonds is 7. The number of primary sulfonamides is 1. The highest BCUT2D eigenvalue weighted by molar-refractivity contribution is 9.10. The third kappa shape index (κ3) is 4.63. The molecule has 3 aromatic rings. The topological polar surface area (TPSA) is 147 Å². The molecular weight excluding hydrogens is 469 g/mol. The summed E-state index contributed by atoms with van der Waals surface area (Å²) in [4.78, 5) is 12.1. The standard InChI is InChI=1S/C13H11BrFN5O5S2/c14-8-6-7(2-3-9(8)15)20-11(18-24-13(20)21)10-12(19-25-17-10)26-4-1-5-27(16,22)23/h2-3,6H,1,4-5H2,(H2,16,22,23). The lowest BCUT2D eigenvalue weighted by molar-refractivity contribution is 0.299. The normalized spacial score (nSPS) is 11.8. The van der Waals surface area contributed by atoms with Crippen LogP contribution in [0.2, 0.25) is 0 Å². The van der Waals surface area contributed by atoms with E-state index in [0.29, 0.717) is 5.75 Å². The monoisotopic (exact) mass is 479 g/mol. The number of halogens is 2. The van der Waals surface area contributed by atoms with Crippen LogP contribution in [0.4, 0.5) is 4.39 Å². The fraction of sp³-hybridized carbons (Fsp3) is 0.231. The summed E-state index contributed by atoms with van der Waals surface area (Å²) >= 11 is 4.21. The van der Waals surface area contributed by atoms with Gasteiger partial charge in [0.25, 0.3) is 0 Å². The number of sulfonamides is 1. The maximum absolute atomic E-state index is 13.5. The zero-order valence-electron chi connectivity index (χ0n) is 13.3. The van der Waals surface area contributed by atoms with Gasteiger partial charge in [-0.25, -0.2) is 31.9 Å². The Morgan fingerprint density at radius 2 is 2.07 bits per heavy atom. The van der Waals surface area contributed by atoms with Gasteiger partial charge < -0.3 is 0 Å². The van der Waals surface area contributed by atoms with Crippen molar-refractivity contribution < 1.29 is 22.0 Å². The first-order chi connectivity index (χ1) is 12.8. The highest BCUT2D eigenvalue weighted by Crippen LogP contribution is 2.29. The smallest absolute Gasteiger partial charge is 0.295 e. The number of hydrogen-bond donors (Lipinski definition) is 1. The van der Waals surface area contributed by atoms with E-state index in [0.717, 1.165) is 16.3 Å². The molecule has 0 saturated heterocycles. The molecule has 27 heavy (non-hydrogen) atoms. The van der Waals surface area contributed by atoms with Gasteiger partial charge in [0.05, 0.1) is 15.9 Å². The number of thioether (sulfide) groups is 1. The molecule has 0 unspecified atom stereocenters. The molecule has 0 aliphatic rings. The van der Waals surface area contributed by atoms with E-state index in [4.69, 9.17) is 14.3 Å². The van der Waals surface area contributed by atoms with Crippen molar-refractivity contribution in [1.29, 1.82) is 0 Å². The van der Waals surface area contributed by atoms with Gasteiger partial charge in [0.1, 0.15) is 5.82 Å². The SMILES string of the molecule is NS(=O)(=O)CCCSc1nonc1-c1noc(=O)n1-c1ccc(F)c(Br)c1. The van der Waals surface area contributed by atoms with Gasteiger partial charge in [-0.3, -0.25) is 4.52 Å². The van der Waals surface area contributed by atoms with Crippen LogP contribution in [0, 0.1) is 5.82 Å². The Kier molecular flexibility index (Phi) is 5.78. The van der Waals surface area contributed by atoms with Crippen LogP contribution < -0.4 is 10.9 Å². The van der Waals surface area contributed by atoms with E-state index in [1.54, 1.807) is 0 Å². The van der Waals surface area contributed by atoms with Crippen LogP contribution in [-0.2, 0) is 10.0 Å². The average Bonchev–Trinajstić information content (AvgIpc) is 3.19. The molecule has 0 aliphatic carbocycles. The summed E-state index contributed by atoms with van der Waals surface area (Å²) in [6.07, 6.45) is 0.284. The number of nitrogens with two attached hydrogens (primary N) is 1. The summed E-state index contributed by atoms with van der Waals surface area (Å²) in [6.45, 7) is 0. The van der Waals surface area contributed by atoms with Crippen LogP contribution in [0.25, 0.3) is 17.2 Å². The second kappa shape index (κ2) is 7.92. The minimum atomic E-state index is -3.56. The van der Waals surface area contributed by atoms with Crippen molar-refractivity contribution >= 4 is 37.7 Å². The van der Waals surface area contributed by atoms with Crippen molar-refractivity contribution in [3.8, 4) is 17.2 Å². The van der Waals surface area contributed by atoms with Gasteiger partial charge in [0.15, 0.2) is 10.7 Å². The number of hydrogen-bond acceptors (Lipinski definition) is 9. The molecule has 0 fully saturated rings. The Morgan fingerprint density at radius 1 is 1.30 bits per heavy atom. The highest BCUT2D eigenvalue weighted by atomic mass is 79.9. The lowest BCUT2D eigenvalue weighted by Crippen LogP contribution is -2.16. The van der Waals surface area contributed by atoms with E-state index < -0.39 is 21.6 Å². The average molecular weight is 480 g/mol. The Labute approximate surface area is 164 Å². The van der Waals surface area contributed by atoms with Crippen molar-refractivity contribution in [2.75, 3.05) is 11.5 Å². The maximum Gasteiger partial charge on any atom is 0.446 e. The molecule has 1 aromatic carbocycles. The third-order valence-electron chi connectivity index (χ3n) is 3.25. The molecule has 3 rings (SSSR count). The Bertz CT molecular complexity index is 1130. The molecule has 10 nitrogen and oxygen atoms in total. The molecule has 0 bridgehead atoms. The van der Waals surface area contributed by atoms with E-state index >= 15 is 0 Å². The van der Waals surface area contributed by atoms with Crippen molar-refractivity contribution in [3.63, 3.8) is 0 Å². The molecule has 0 spiro atoms. The molecule has 2 N–H and O–H groups in total. The van der Waals surface area contributed by atoms with E-state index in [-0.39, 0.29) is 38.9 Å². The van der Waals surface area contributed by atoms with E-state index in [2.05, 4.69) is 31.4 Å². The minimum Gasteiger partial charge on any atom is -0.295 e. The first-order valence-corrected chi connectivity index (χ1v) is 10.8.